The van der Waals surface area contributed by atoms with Crippen LogP contribution in [0.25, 0.3) is 0 Å². The third-order valence-corrected chi connectivity index (χ3v) is 7.99. The molecule has 0 atom stereocenters. The summed E-state index contributed by atoms with van der Waals surface area (Å²) in [5.41, 5.74) is 14.3. The summed E-state index contributed by atoms with van der Waals surface area (Å²) in [7, 11) is 0. The predicted octanol–water partition coefficient (Wildman–Crippen LogP) is 12.0. The highest BCUT2D eigenvalue weighted by Gasteiger charge is 2.07. The van der Waals surface area contributed by atoms with E-state index >= 15 is 0 Å². The molecule has 0 unspecified atom stereocenters. The number of hydrogen-bond donors (Lipinski definition) is 2. The van der Waals surface area contributed by atoms with Crippen molar-refractivity contribution in [3.63, 3.8) is 0 Å². The maximum atomic E-state index is 6.16. The second kappa shape index (κ2) is 20.7. The number of rotatable bonds is 23. The minimum absolute atomic E-state index is 0.720. The number of unbranched alkanes of at least 4 members (excludes halogenated alkanes) is 17. The Labute approximate surface area is 256 Å². The van der Waals surface area contributed by atoms with Crippen molar-refractivity contribution in [1.82, 2.24) is 0 Å². The van der Waals surface area contributed by atoms with Gasteiger partial charge in [-0.2, -0.15) is 0 Å². The maximum absolute atomic E-state index is 6.16. The zero-order valence-corrected chi connectivity index (χ0v) is 26.3. The minimum Gasteiger partial charge on any atom is -0.457 e. The standard InChI is InChI=1S/C38H56N2O2/c1-2-3-4-5-6-7-8-9-10-11-12-13-14-15-16-17-18-19-20-32-29-37(41-35-25-21-33(39)22-26-35)31-38(30-32)42-36-27-23-34(40)24-28-36/h21-31H,2-20,39-40H2,1H3. The number of benzene rings is 3. The molecule has 0 aromatic heterocycles. The molecule has 0 heterocycles. The molecular weight excluding hydrogens is 516 g/mol. The molecule has 0 bridgehead atoms. The van der Waals surface area contributed by atoms with Crippen molar-refractivity contribution in [2.24, 2.45) is 0 Å². The number of nitrogens with two attached hydrogens (primary N) is 2. The number of anilines is 2. The summed E-state index contributed by atoms with van der Waals surface area (Å²) in [5, 5.41) is 0. The molecule has 0 saturated heterocycles. The van der Waals surface area contributed by atoms with Crippen LogP contribution in [0.4, 0.5) is 11.4 Å². The van der Waals surface area contributed by atoms with Gasteiger partial charge < -0.3 is 20.9 Å². The first-order valence-corrected chi connectivity index (χ1v) is 16.8. The van der Waals surface area contributed by atoms with Gasteiger partial charge in [-0.25, -0.2) is 0 Å². The average molecular weight is 573 g/mol. The lowest BCUT2D eigenvalue weighted by atomic mass is 10.0. The molecule has 0 saturated carbocycles. The van der Waals surface area contributed by atoms with Crippen molar-refractivity contribution < 1.29 is 9.47 Å². The van der Waals surface area contributed by atoms with Crippen LogP contribution in [0.15, 0.2) is 66.7 Å². The molecule has 0 radical (unpaired) electrons. The van der Waals surface area contributed by atoms with Crippen molar-refractivity contribution in [2.45, 2.75) is 129 Å². The van der Waals surface area contributed by atoms with Gasteiger partial charge in [-0.15, -0.1) is 0 Å². The van der Waals surface area contributed by atoms with Crippen molar-refractivity contribution in [2.75, 3.05) is 11.5 Å². The summed E-state index contributed by atoms with van der Waals surface area (Å²) in [6, 6.07) is 21.1. The molecule has 230 valence electrons. The topological polar surface area (TPSA) is 70.5 Å². The minimum atomic E-state index is 0.720. The molecule has 3 aromatic carbocycles. The highest BCUT2D eigenvalue weighted by molar-refractivity contribution is 5.47. The number of nitrogen functional groups attached to an aromatic ring is 2. The highest BCUT2D eigenvalue weighted by atomic mass is 16.5. The molecule has 42 heavy (non-hydrogen) atoms. The maximum Gasteiger partial charge on any atom is 0.131 e. The van der Waals surface area contributed by atoms with E-state index < -0.39 is 0 Å². The quantitative estimate of drug-likeness (QED) is 0.0875. The SMILES string of the molecule is CCCCCCCCCCCCCCCCCCCCc1cc(Oc2ccc(N)cc2)cc(Oc2ccc(N)cc2)c1. The Hall–Kier alpha value is -3.14. The summed E-state index contributed by atoms with van der Waals surface area (Å²) >= 11 is 0. The Morgan fingerprint density at radius 2 is 0.738 bits per heavy atom. The monoisotopic (exact) mass is 572 g/mol. The van der Waals surface area contributed by atoms with E-state index in [0.717, 1.165) is 40.8 Å². The summed E-state index contributed by atoms with van der Waals surface area (Å²) in [6.45, 7) is 2.29. The van der Waals surface area contributed by atoms with Crippen LogP contribution in [0.2, 0.25) is 0 Å². The van der Waals surface area contributed by atoms with Gasteiger partial charge in [0.2, 0.25) is 0 Å². The lowest BCUT2D eigenvalue weighted by molar-refractivity contribution is 0.459. The van der Waals surface area contributed by atoms with Gasteiger partial charge in [-0.05, 0) is 79.1 Å². The van der Waals surface area contributed by atoms with Gasteiger partial charge in [0.05, 0.1) is 0 Å². The largest absolute Gasteiger partial charge is 0.457 e. The van der Waals surface area contributed by atoms with Gasteiger partial charge >= 0.3 is 0 Å². The van der Waals surface area contributed by atoms with Crippen molar-refractivity contribution in [3.8, 4) is 23.0 Å². The first-order chi connectivity index (χ1) is 20.6. The van der Waals surface area contributed by atoms with E-state index in [0.29, 0.717) is 0 Å². The predicted molar refractivity (Wildman–Crippen MR) is 181 cm³/mol. The van der Waals surface area contributed by atoms with Gasteiger partial charge in [-0.3, -0.25) is 0 Å². The lowest BCUT2D eigenvalue weighted by Gasteiger charge is -2.13. The lowest BCUT2D eigenvalue weighted by Crippen LogP contribution is -1.93. The van der Waals surface area contributed by atoms with Gasteiger partial charge in [-0.1, -0.05) is 116 Å². The summed E-state index contributed by atoms with van der Waals surface area (Å²) in [4.78, 5) is 0. The molecular formula is C38H56N2O2. The van der Waals surface area contributed by atoms with Crippen LogP contribution in [0, 0.1) is 0 Å². The van der Waals surface area contributed by atoms with Crippen LogP contribution < -0.4 is 20.9 Å². The summed E-state index contributed by atoms with van der Waals surface area (Å²) in [5.74, 6) is 3.05. The number of aryl methyl sites for hydroxylation is 1. The number of hydrogen-bond acceptors (Lipinski definition) is 4. The smallest absolute Gasteiger partial charge is 0.131 e. The molecule has 4 heteroatoms. The highest BCUT2D eigenvalue weighted by Crippen LogP contribution is 2.31. The van der Waals surface area contributed by atoms with Gasteiger partial charge in [0.1, 0.15) is 23.0 Å². The molecule has 0 aliphatic rings. The Morgan fingerprint density at radius 3 is 1.10 bits per heavy atom. The Balaban J connectivity index is 1.30. The van der Waals surface area contributed by atoms with E-state index in [1.807, 2.05) is 54.6 Å². The van der Waals surface area contributed by atoms with Gasteiger partial charge in [0.25, 0.3) is 0 Å². The molecule has 3 rings (SSSR count). The molecule has 4 N–H and O–H groups in total. The first-order valence-electron chi connectivity index (χ1n) is 16.8. The third-order valence-electron chi connectivity index (χ3n) is 7.99. The average Bonchev–Trinajstić information content (AvgIpc) is 2.99. The molecule has 0 aliphatic carbocycles. The van der Waals surface area contributed by atoms with Crippen LogP contribution in [-0.4, -0.2) is 0 Å². The second-order valence-corrected chi connectivity index (χ2v) is 11.9. The normalized spacial score (nSPS) is 11.1. The van der Waals surface area contributed by atoms with Crippen molar-refractivity contribution >= 4 is 11.4 Å². The van der Waals surface area contributed by atoms with E-state index in [-0.39, 0.29) is 0 Å². The van der Waals surface area contributed by atoms with Crippen LogP contribution in [0.5, 0.6) is 23.0 Å². The molecule has 3 aromatic rings. The Kier molecular flexibility index (Phi) is 16.4. The van der Waals surface area contributed by atoms with E-state index in [1.54, 1.807) is 0 Å². The van der Waals surface area contributed by atoms with Crippen molar-refractivity contribution in [3.05, 3.63) is 72.3 Å². The van der Waals surface area contributed by atoms with Crippen LogP contribution in [0.3, 0.4) is 0 Å². The Bertz CT molecular complexity index is 1030. The van der Waals surface area contributed by atoms with Crippen LogP contribution >= 0.6 is 0 Å². The van der Waals surface area contributed by atoms with E-state index in [2.05, 4.69) is 19.1 Å². The van der Waals surface area contributed by atoms with Crippen molar-refractivity contribution in [1.29, 1.82) is 0 Å². The van der Waals surface area contributed by atoms with E-state index in [4.69, 9.17) is 20.9 Å². The van der Waals surface area contributed by atoms with Crippen LogP contribution in [-0.2, 0) is 6.42 Å². The van der Waals surface area contributed by atoms with Gasteiger partial charge in [0, 0.05) is 17.4 Å². The fourth-order valence-electron chi connectivity index (χ4n) is 5.47. The third kappa shape index (κ3) is 14.7. The summed E-state index contributed by atoms with van der Waals surface area (Å²) < 4.78 is 12.3. The molecule has 4 nitrogen and oxygen atoms in total. The molecule has 0 aliphatic heterocycles. The fraction of sp³-hybridized carbons (Fsp3) is 0.526. The molecule has 0 fully saturated rings. The Morgan fingerprint density at radius 1 is 0.405 bits per heavy atom. The summed E-state index contributed by atoms with van der Waals surface area (Å²) in [6.07, 6.45) is 26.0. The van der Waals surface area contributed by atoms with E-state index in [1.165, 1.54) is 121 Å². The van der Waals surface area contributed by atoms with Crippen LogP contribution in [0.1, 0.15) is 128 Å². The molecule has 0 spiro atoms. The van der Waals surface area contributed by atoms with E-state index in [9.17, 15) is 0 Å². The second-order valence-electron chi connectivity index (χ2n) is 11.9. The zero-order chi connectivity index (χ0) is 29.7. The molecule has 0 amide bonds. The number of ether oxygens (including phenoxy) is 2. The zero-order valence-electron chi connectivity index (χ0n) is 26.3. The van der Waals surface area contributed by atoms with Gasteiger partial charge in [0.15, 0.2) is 0 Å². The first kappa shape index (κ1) is 33.4. The fourth-order valence-corrected chi connectivity index (χ4v) is 5.47.